The van der Waals surface area contributed by atoms with E-state index in [1.54, 1.807) is 0 Å². The summed E-state index contributed by atoms with van der Waals surface area (Å²) in [5.41, 5.74) is 0.0962. The number of hydrogen-bond acceptors (Lipinski definition) is 3. The molecule has 1 fully saturated rings. The van der Waals surface area contributed by atoms with E-state index in [-0.39, 0.29) is 17.4 Å². The maximum absolute atomic E-state index is 11.9. The molecule has 0 bridgehead atoms. The van der Waals surface area contributed by atoms with Crippen LogP contribution in [0.15, 0.2) is 0 Å². The second-order valence-corrected chi connectivity index (χ2v) is 6.64. The average Bonchev–Trinajstić information content (AvgIpc) is 2.45. The van der Waals surface area contributed by atoms with E-state index >= 15 is 0 Å². The summed E-state index contributed by atoms with van der Waals surface area (Å²) in [7, 11) is 2.10. The maximum Gasteiger partial charge on any atom is 0.326 e. The molecule has 0 saturated carbocycles. The van der Waals surface area contributed by atoms with Crippen LogP contribution in [-0.2, 0) is 4.79 Å². The first-order chi connectivity index (χ1) is 9.77. The van der Waals surface area contributed by atoms with E-state index in [0.29, 0.717) is 13.0 Å². The number of carboxylic acids is 1. The van der Waals surface area contributed by atoms with Crippen molar-refractivity contribution in [1.29, 1.82) is 0 Å². The molecule has 6 nitrogen and oxygen atoms in total. The van der Waals surface area contributed by atoms with Gasteiger partial charge in [0.05, 0.1) is 0 Å². The molecule has 21 heavy (non-hydrogen) atoms. The smallest absolute Gasteiger partial charge is 0.326 e. The molecule has 2 atom stereocenters. The van der Waals surface area contributed by atoms with Crippen LogP contribution in [0.4, 0.5) is 4.79 Å². The number of carbonyl (C=O) groups is 2. The van der Waals surface area contributed by atoms with Crippen LogP contribution in [0.5, 0.6) is 0 Å². The number of hydrogen-bond donors (Lipinski definition) is 3. The molecular formula is C15H29N3O3. The fraction of sp³-hybridized carbons (Fsp3) is 0.867. The number of amides is 2. The zero-order valence-corrected chi connectivity index (χ0v) is 13.6. The minimum Gasteiger partial charge on any atom is -0.480 e. The van der Waals surface area contributed by atoms with Gasteiger partial charge < -0.3 is 20.6 Å². The third kappa shape index (κ3) is 5.53. The Kier molecular flexibility index (Phi) is 6.45. The number of carboxylic acid groups (broad SMARTS) is 1. The first-order valence-electron chi connectivity index (χ1n) is 7.73. The number of likely N-dealkylation sites (tertiary alicyclic amines) is 1. The standard InChI is InChI=1S/C15H29N3O3/c1-5-11(2)12(13(19)20)17-14(21)16-10-15(3)6-8-18(4)9-7-15/h11-12H,5-10H2,1-4H3,(H,19,20)(H2,16,17,21). The van der Waals surface area contributed by atoms with Crippen molar-refractivity contribution in [2.45, 2.75) is 46.1 Å². The molecule has 1 saturated heterocycles. The summed E-state index contributed by atoms with van der Waals surface area (Å²) in [6, 6.07) is -1.22. The number of piperidine rings is 1. The van der Waals surface area contributed by atoms with Gasteiger partial charge in [0.25, 0.3) is 0 Å². The maximum atomic E-state index is 11.9. The minimum absolute atomic E-state index is 0.0906. The third-order valence-electron chi connectivity index (χ3n) is 4.64. The Labute approximate surface area is 127 Å². The largest absolute Gasteiger partial charge is 0.480 e. The first-order valence-corrected chi connectivity index (χ1v) is 7.73. The van der Waals surface area contributed by atoms with Crippen LogP contribution in [0.3, 0.4) is 0 Å². The van der Waals surface area contributed by atoms with Gasteiger partial charge in [-0.05, 0) is 44.3 Å². The molecule has 0 spiro atoms. The monoisotopic (exact) mass is 299 g/mol. The van der Waals surface area contributed by atoms with Crippen LogP contribution in [0.1, 0.15) is 40.0 Å². The highest BCUT2D eigenvalue weighted by Gasteiger charge is 2.30. The number of urea groups is 1. The van der Waals surface area contributed by atoms with Gasteiger partial charge >= 0.3 is 12.0 Å². The lowest BCUT2D eigenvalue weighted by molar-refractivity contribution is -0.140. The third-order valence-corrected chi connectivity index (χ3v) is 4.64. The van der Waals surface area contributed by atoms with E-state index in [4.69, 9.17) is 0 Å². The Morgan fingerprint density at radius 3 is 2.38 bits per heavy atom. The molecular weight excluding hydrogens is 270 g/mol. The predicted molar refractivity (Wildman–Crippen MR) is 82.3 cm³/mol. The number of nitrogens with one attached hydrogen (secondary N) is 2. The molecule has 0 aromatic rings. The summed E-state index contributed by atoms with van der Waals surface area (Å²) >= 11 is 0. The molecule has 0 aliphatic carbocycles. The highest BCUT2D eigenvalue weighted by atomic mass is 16.4. The first kappa shape index (κ1) is 17.8. The second kappa shape index (κ2) is 7.64. The van der Waals surface area contributed by atoms with Gasteiger partial charge in [-0.3, -0.25) is 0 Å². The summed E-state index contributed by atoms with van der Waals surface area (Å²) in [4.78, 5) is 25.4. The highest BCUT2D eigenvalue weighted by molar-refractivity contribution is 5.82. The van der Waals surface area contributed by atoms with Crippen molar-refractivity contribution in [2.75, 3.05) is 26.7 Å². The molecule has 0 radical (unpaired) electrons. The van der Waals surface area contributed by atoms with Gasteiger partial charge in [-0.1, -0.05) is 27.2 Å². The van der Waals surface area contributed by atoms with E-state index in [9.17, 15) is 14.7 Å². The summed E-state index contributed by atoms with van der Waals surface area (Å²) in [6.45, 7) is 8.56. The van der Waals surface area contributed by atoms with Crippen LogP contribution < -0.4 is 10.6 Å². The summed E-state index contributed by atoms with van der Waals surface area (Å²) < 4.78 is 0. The zero-order chi connectivity index (χ0) is 16.0. The normalized spacial score (nSPS) is 21.3. The van der Waals surface area contributed by atoms with Crippen molar-refractivity contribution < 1.29 is 14.7 Å². The van der Waals surface area contributed by atoms with E-state index in [1.807, 2.05) is 13.8 Å². The summed E-state index contributed by atoms with van der Waals surface area (Å²) in [5, 5.41) is 14.6. The van der Waals surface area contributed by atoms with Crippen LogP contribution >= 0.6 is 0 Å². The lowest BCUT2D eigenvalue weighted by Crippen LogP contribution is -2.51. The molecule has 2 amide bonds. The van der Waals surface area contributed by atoms with Gasteiger partial charge in [-0.25, -0.2) is 9.59 Å². The number of nitrogens with zero attached hydrogens (tertiary/aromatic N) is 1. The molecule has 1 rings (SSSR count). The number of carbonyl (C=O) groups excluding carboxylic acids is 1. The topological polar surface area (TPSA) is 81.7 Å². The van der Waals surface area contributed by atoms with Crippen LogP contribution in [0, 0.1) is 11.3 Å². The van der Waals surface area contributed by atoms with E-state index < -0.39 is 12.0 Å². The fourth-order valence-electron chi connectivity index (χ4n) is 2.50. The second-order valence-electron chi connectivity index (χ2n) is 6.64. The quantitative estimate of drug-likeness (QED) is 0.694. The molecule has 122 valence electrons. The van der Waals surface area contributed by atoms with Gasteiger partial charge in [0.15, 0.2) is 0 Å². The fourth-order valence-corrected chi connectivity index (χ4v) is 2.50. The lowest BCUT2D eigenvalue weighted by Gasteiger charge is -2.38. The molecule has 1 heterocycles. The van der Waals surface area contributed by atoms with E-state index in [0.717, 1.165) is 25.9 Å². The van der Waals surface area contributed by atoms with E-state index in [2.05, 4.69) is 29.5 Å². The van der Waals surface area contributed by atoms with Gasteiger partial charge in [0, 0.05) is 6.54 Å². The van der Waals surface area contributed by atoms with Gasteiger partial charge in [0.2, 0.25) is 0 Å². The average molecular weight is 299 g/mol. The Bertz CT molecular complexity index is 365. The van der Waals surface area contributed by atoms with Gasteiger partial charge in [-0.15, -0.1) is 0 Å². The summed E-state index contributed by atoms with van der Waals surface area (Å²) in [6.07, 6.45) is 2.79. The van der Waals surface area contributed by atoms with Gasteiger partial charge in [0.1, 0.15) is 6.04 Å². The zero-order valence-electron chi connectivity index (χ0n) is 13.6. The van der Waals surface area contributed by atoms with Crippen molar-refractivity contribution >= 4 is 12.0 Å². The number of aliphatic carboxylic acids is 1. The highest BCUT2D eigenvalue weighted by Crippen LogP contribution is 2.29. The Morgan fingerprint density at radius 2 is 1.90 bits per heavy atom. The van der Waals surface area contributed by atoms with Crippen LogP contribution in [0.25, 0.3) is 0 Å². The molecule has 1 aliphatic rings. The molecule has 1 aliphatic heterocycles. The molecule has 3 N–H and O–H groups in total. The van der Waals surface area contributed by atoms with Gasteiger partial charge in [-0.2, -0.15) is 0 Å². The molecule has 2 unspecified atom stereocenters. The van der Waals surface area contributed by atoms with Crippen molar-refractivity contribution in [1.82, 2.24) is 15.5 Å². The predicted octanol–water partition coefficient (Wildman–Crippen LogP) is 1.52. The molecule has 0 aromatic heterocycles. The van der Waals surface area contributed by atoms with Crippen LogP contribution in [0.2, 0.25) is 0 Å². The lowest BCUT2D eigenvalue weighted by atomic mass is 9.80. The summed E-state index contributed by atoms with van der Waals surface area (Å²) in [5.74, 6) is -1.07. The Hall–Kier alpha value is -1.30. The molecule has 6 heteroatoms. The molecule has 0 aromatic carbocycles. The van der Waals surface area contributed by atoms with Crippen LogP contribution in [-0.4, -0.2) is 54.7 Å². The van der Waals surface area contributed by atoms with Crippen molar-refractivity contribution in [3.8, 4) is 0 Å². The van der Waals surface area contributed by atoms with Crippen molar-refractivity contribution in [2.24, 2.45) is 11.3 Å². The Balaban J connectivity index is 2.44. The minimum atomic E-state index is -0.981. The van der Waals surface area contributed by atoms with E-state index in [1.165, 1.54) is 0 Å². The Morgan fingerprint density at radius 1 is 1.33 bits per heavy atom. The number of rotatable bonds is 6. The van der Waals surface area contributed by atoms with Crippen molar-refractivity contribution in [3.63, 3.8) is 0 Å². The SMILES string of the molecule is CCC(C)C(NC(=O)NCC1(C)CCN(C)CC1)C(=O)O. The van der Waals surface area contributed by atoms with Crippen molar-refractivity contribution in [3.05, 3.63) is 0 Å².